The van der Waals surface area contributed by atoms with Crippen LogP contribution in [0.3, 0.4) is 0 Å². The van der Waals surface area contributed by atoms with Gasteiger partial charge in [0.1, 0.15) is 11.9 Å². The van der Waals surface area contributed by atoms with Gasteiger partial charge in [0, 0.05) is 19.2 Å². The molecule has 5 nitrogen and oxygen atoms in total. The molecule has 0 saturated heterocycles. The molecule has 0 bridgehead atoms. The van der Waals surface area contributed by atoms with Gasteiger partial charge in [-0.1, -0.05) is 17.7 Å². The molecule has 0 radical (unpaired) electrons. The van der Waals surface area contributed by atoms with Crippen LogP contribution in [-0.2, 0) is 11.3 Å². The van der Waals surface area contributed by atoms with Gasteiger partial charge in [-0.05, 0) is 38.5 Å². The Balaban J connectivity index is 1.68. The average molecular weight is 301 g/mol. The van der Waals surface area contributed by atoms with Crippen LogP contribution in [0.2, 0.25) is 0 Å². The molecule has 22 heavy (non-hydrogen) atoms. The van der Waals surface area contributed by atoms with Crippen LogP contribution < -0.4 is 10.1 Å². The van der Waals surface area contributed by atoms with E-state index in [2.05, 4.69) is 10.4 Å². The summed E-state index contributed by atoms with van der Waals surface area (Å²) in [5, 5.41) is 7.04. The van der Waals surface area contributed by atoms with E-state index < -0.39 is 0 Å². The summed E-state index contributed by atoms with van der Waals surface area (Å²) >= 11 is 0. The fraction of sp³-hybridized carbons (Fsp3) is 0.412. The molecule has 1 heterocycles. The molecule has 0 aliphatic rings. The molecule has 1 aromatic carbocycles. The molecule has 5 heteroatoms. The lowest BCUT2D eigenvalue weighted by molar-refractivity contribution is -0.121. The first-order chi connectivity index (χ1) is 10.5. The van der Waals surface area contributed by atoms with Crippen LogP contribution in [0.15, 0.2) is 36.7 Å². The van der Waals surface area contributed by atoms with Crippen LogP contribution in [-0.4, -0.2) is 28.3 Å². The number of aromatic nitrogens is 2. The van der Waals surface area contributed by atoms with Gasteiger partial charge in [-0.2, -0.15) is 5.10 Å². The number of benzene rings is 1. The van der Waals surface area contributed by atoms with E-state index in [0.717, 1.165) is 11.3 Å². The lowest BCUT2D eigenvalue weighted by atomic mass is 10.2. The summed E-state index contributed by atoms with van der Waals surface area (Å²) in [5.41, 5.74) is 2.29. The van der Waals surface area contributed by atoms with E-state index in [0.29, 0.717) is 19.5 Å². The maximum absolute atomic E-state index is 11.8. The van der Waals surface area contributed by atoms with Crippen molar-refractivity contribution in [1.82, 2.24) is 15.1 Å². The second-order valence-corrected chi connectivity index (χ2v) is 5.58. The third kappa shape index (κ3) is 5.24. The number of amides is 1. The molecule has 1 aromatic heterocycles. The van der Waals surface area contributed by atoms with Gasteiger partial charge in [-0.25, -0.2) is 0 Å². The van der Waals surface area contributed by atoms with Crippen molar-refractivity contribution in [2.45, 2.75) is 39.8 Å². The van der Waals surface area contributed by atoms with Crippen LogP contribution >= 0.6 is 0 Å². The molecule has 2 rings (SSSR count). The third-order valence-corrected chi connectivity index (χ3v) is 3.28. The van der Waals surface area contributed by atoms with Crippen LogP contribution in [0.25, 0.3) is 0 Å². The average Bonchev–Trinajstić information content (AvgIpc) is 2.91. The lowest BCUT2D eigenvalue weighted by Crippen LogP contribution is -2.34. The van der Waals surface area contributed by atoms with Crippen LogP contribution in [0.5, 0.6) is 5.75 Å². The fourth-order valence-electron chi connectivity index (χ4n) is 2.04. The van der Waals surface area contributed by atoms with Crippen molar-refractivity contribution in [3.63, 3.8) is 0 Å². The van der Waals surface area contributed by atoms with Crippen molar-refractivity contribution < 1.29 is 9.53 Å². The normalized spacial score (nSPS) is 12.0. The third-order valence-electron chi connectivity index (χ3n) is 3.28. The van der Waals surface area contributed by atoms with Gasteiger partial charge in [0.2, 0.25) is 5.91 Å². The molecule has 0 unspecified atom stereocenters. The lowest BCUT2D eigenvalue weighted by Gasteiger charge is -2.15. The molecule has 1 N–H and O–H groups in total. The van der Waals surface area contributed by atoms with Gasteiger partial charge >= 0.3 is 0 Å². The minimum atomic E-state index is -0.0707. The molecular weight excluding hydrogens is 278 g/mol. The van der Waals surface area contributed by atoms with E-state index >= 15 is 0 Å². The number of carbonyl (C=O) groups is 1. The van der Waals surface area contributed by atoms with Crippen molar-refractivity contribution in [3.8, 4) is 5.75 Å². The molecule has 118 valence electrons. The molecular formula is C17H23N3O2. The maximum atomic E-state index is 11.8. The highest BCUT2D eigenvalue weighted by atomic mass is 16.5. The van der Waals surface area contributed by atoms with Crippen molar-refractivity contribution >= 4 is 5.91 Å². The first-order valence-corrected chi connectivity index (χ1v) is 7.52. The molecule has 0 saturated carbocycles. The number of rotatable bonds is 7. The fourth-order valence-corrected chi connectivity index (χ4v) is 2.04. The molecule has 0 spiro atoms. The Hall–Kier alpha value is -2.30. The predicted molar refractivity (Wildman–Crippen MR) is 85.9 cm³/mol. The predicted octanol–water partition coefficient (Wildman–Crippen LogP) is 2.47. The number of aryl methyl sites for hydroxylation is 3. The van der Waals surface area contributed by atoms with Gasteiger partial charge in [0.15, 0.2) is 0 Å². The number of hydrogen-bond donors (Lipinski definition) is 1. The topological polar surface area (TPSA) is 56.1 Å². The van der Waals surface area contributed by atoms with Gasteiger partial charge < -0.3 is 10.1 Å². The van der Waals surface area contributed by atoms with Crippen molar-refractivity contribution in [3.05, 3.63) is 47.8 Å². The van der Waals surface area contributed by atoms with Gasteiger partial charge in [0.05, 0.1) is 12.7 Å². The number of carbonyl (C=O) groups excluding carboxylic acids is 1. The zero-order valence-corrected chi connectivity index (χ0v) is 13.4. The molecule has 2 aromatic rings. The minimum Gasteiger partial charge on any atom is -0.489 e. The van der Waals surface area contributed by atoms with Crippen LogP contribution in [0.4, 0.5) is 0 Å². The zero-order chi connectivity index (χ0) is 15.9. The number of hydrogen-bond acceptors (Lipinski definition) is 3. The number of nitrogens with zero attached hydrogens (tertiary/aromatic N) is 2. The Morgan fingerprint density at radius 2 is 2.00 bits per heavy atom. The quantitative estimate of drug-likeness (QED) is 0.854. The molecule has 0 fully saturated rings. The highest BCUT2D eigenvalue weighted by Crippen LogP contribution is 2.12. The zero-order valence-electron chi connectivity index (χ0n) is 13.4. The second kappa shape index (κ2) is 7.64. The first kappa shape index (κ1) is 16.1. The SMILES string of the molecule is Cc1ccc(O[C@@H](C)CNC(=O)CCn2cc(C)cn2)cc1. The van der Waals surface area contributed by atoms with E-state index in [1.165, 1.54) is 5.56 Å². The summed E-state index contributed by atoms with van der Waals surface area (Å²) in [6.45, 7) is 7.04. The summed E-state index contributed by atoms with van der Waals surface area (Å²) in [5.74, 6) is 0.826. The van der Waals surface area contributed by atoms with E-state index in [4.69, 9.17) is 4.74 Å². The number of ether oxygens (including phenoxy) is 1. The largest absolute Gasteiger partial charge is 0.489 e. The number of nitrogens with one attached hydrogen (secondary N) is 1. The van der Waals surface area contributed by atoms with Crippen LogP contribution in [0, 0.1) is 13.8 Å². The van der Waals surface area contributed by atoms with Crippen molar-refractivity contribution in [2.75, 3.05) is 6.54 Å². The monoisotopic (exact) mass is 301 g/mol. The molecule has 1 atom stereocenters. The standard InChI is InChI=1S/C17H23N3O2/c1-13-4-6-16(7-5-13)22-15(3)11-18-17(21)8-9-20-12-14(2)10-19-20/h4-7,10,12,15H,8-9,11H2,1-3H3,(H,18,21)/t15-/m0/s1. The summed E-state index contributed by atoms with van der Waals surface area (Å²) in [4.78, 5) is 11.8. The van der Waals surface area contributed by atoms with E-state index in [9.17, 15) is 4.79 Å². The summed E-state index contributed by atoms with van der Waals surface area (Å²) < 4.78 is 7.53. The van der Waals surface area contributed by atoms with E-state index in [-0.39, 0.29) is 12.0 Å². The Morgan fingerprint density at radius 1 is 1.27 bits per heavy atom. The summed E-state index contributed by atoms with van der Waals surface area (Å²) in [7, 11) is 0. The molecule has 0 aliphatic heterocycles. The van der Waals surface area contributed by atoms with E-state index in [1.54, 1.807) is 10.9 Å². The Kier molecular flexibility index (Phi) is 5.58. The van der Waals surface area contributed by atoms with Gasteiger partial charge in [-0.3, -0.25) is 9.48 Å². The Labute approximate surface area is 131 Å². The van der Waals surface area contributed by atoms with Crippen LogP contribution in [0.1, 0.15) is 24.5 Å². The highest BCUT2D eigenvalue weighted by molar-refractivity contribution is 5.75. The summed E-state index contributed by atoms with van der Waals surface area (Å²) in [6, 6.07) is 7.89. The smallest absolute Gasteiger partial charge is 0.221 e. The molecule has 0 aliphatic carbocycles. The second-order valence-electron chi connectivity index (χ2n) is 5.58. The minimum absolute atomic E-state index is 0.00695. The summed E-state index contributed by atoms with van der Waals surface area (Å²) in [6.07, 6.45) is 4.06. The Morgan fingerprint density at radius 3 is 2.64 bits per heavy atom. The van der Waals surface area contributed by atoms with Crippen molar-refractivity contribution in [2.24, 2.45) is 0 Å². The maximum Gasteiger partial charge on any atom is 0.221 e. The molecule has 1 amide bonds. The van der Waals surface area contributed by atoms with Gasteiger partial charge in [0.25, 0.3) is 0 Å². The first-order valence-electron chi connectivity index (χ1n) is 7.52. The van der Waals surface area contributed by atoms with E-state index in [1.807, 2.05) is 51.2 Å². The van der Waals surface area contributed by atoms with Crippen molar-refractivity contribution in [1.29, 1.82) is 0 Å². The Bertz CT molecular complexity index is 605. The van der Waals surface area contributed by atoms with Gasteiger partial charge in [-0.15, -0.1) is 0 Å². The highest BCUT2D eigenvalue weighted by Gasteiger charge is 2.07.